The van der Waals surface area contributed by atoms with Crippen molar-refractivity contribution in [2.75, 3.05) is 6.54 Å². The molecule has 0 bridgehead atoms. The number of benzene rings is 1. The monoisotopic (exact) mass is 378 g/mol. The van der Waals surface area contributed by atoms with Crippen LogP contribution in [0.2, 0.25) is 0 Å². The quantitative estimate of drug-likeness (QED) is 0.723. The van der Waals surface area contributed by atoms with Gasteiger partial charge in [0.1, 0.15) is 11.4 Å². The number of alkyl carbamates (subject to hydrolysis) is 1. The van der Waals surface area contributed by atoms with E-state index in [9.17, 15) is 9.59 Å². The van der Waals surface area contributed by atoms with Gasteiger partial charge in [0.15, 0.2) is 0 Å². The number of nitrogens with one attached hydrogen (secondary N) is 2. The molecule has 6 nitrogen and oxygen atoms in total. The maximum absolute atomic E-state index is 12.3. The molecule has 2 amide bonds. The van der Waals surface area contributed by atoms with Gasteiger partial charge in [-0.1, -0.05) is 26.0 Å². The van der Waals surface area contributed by atoms with Crippen molar-refractivity contribution in [3.05, 3.63) is 29.8 Å². The molecule has 1 unspecified atom stereocenters. The van der Waals surface area contributed by atoms with E-state index >= 15 is 0 Å². The van der Waals surface area contributed by atoms with Crippen molar-refractivity contribution in [1.29, 1.82) is 0 Å². The van der Waals surface area contributed by atoms with Gasteiger partial charge in [-0.2, -0.15) is 0 Å². The topological polar surface area (TPSA) is 76.7 Å². The molecule has 0 aliphatic heterocycles. The van der Waals surface area contributed by atoms with Crippen LogP contribution in [-0.4, -0.2) is 36.3 Å². The smallest absolute Gasteiger partial charge is 0.407 e. The van der Waals surface area contributed by atoms with E-state index in [0.717, 1.165) is 11.3 Å². The zero-order chi connectivity index (χ0) is 20.6. The third-order valence-corrected chi connectivity index (χ3v) is 3.66. The fourth-order valence-corrected chi connectivity index (χ4v) is 2.38. The molecule has 2 N–H and O–H groups in total. The average molecular weight is 379 g/mol. The number of amides is 2. The standard InChI is InChI=1S/C21H34N2O4/c1-14(2)18(23-20(25)27-21(5,6)7)13-22-19(24)12-16-9-8-10-17(11-16)26-15(3)4/h8-11,14-15,18H,12-13H2,1-7H3,(H,22,24)(H,23,25). The molecule has 0 aromatic heterocycles. The van der Waals surface area contributed by atoms with Gasteiger partial charge in [0.2, 0.25) is 5.91 Å². The Hall–Kier alpha value is -2.24. The highest BCUT2D eigenvalue weighted by Gasteiger charge is 2.22. The largest absolute Gasteiger partial charge is 0.491 e. The number of carbonyl (C=O) groups is 2. The molecule has 0 aliphatic carbocycles. The Balaban J connectivity index is 2.56. The molecule has 152 valence electrons. The van der Waals surface area contributed by atoms with Crippen LogP contribution in [-0.2, 0) is 16.0 Å². The molecule has 27 heavy (non-hydrogen) atoms. The summed E-state index contributed by atoms with van der Waals surface area (Å²) < 4.78 is 10.9. The van der Waals surface area contributed by atoms with Gasteiger partial charge in [-0.15, -0.1) is 0 Å². The fraction of sp³-hybridized carbons (Fsp3) is 0.619. The lowest BCUT2D eigenvalue weighted by Gasteiger charge is -2.26. The van der Waals surface area contributed by atoms with Gasteiger partial charge in [0.25, 0.3) is 0 Å². The van der Waals surface area contributed by atoms with Crippen LogP contribution in [0.5, 0.6) is 5.75 Å². The van der Waals surface area contributed by atoms with Crippen molar-refractivity contribution in [2.45, 2.75) is 72.6 Å². The second-order valence-corrected chi connectivity index (χ2v) is 8.29. The first-order valence-electron chi connectivity index (χ1n) is 9.48. The predicted octanol–water partition coefficient (Wildman–Crippen LogP) is 3.68. The SMILES string of the molecule is CC(C)Oc1cccc(CC(=O)NCC(NC(=O)OC(C)(C)C)C(C)C)c1. The van der Waals surface area contributed by atoms with E-state index in [2.05, 4.69) is 10.6 Å². The molecule has 1 atom stereocenters. The van der Waals surface area contributed by atoms with E-state index in [1.165, 1.54) is 0 Å². The zero-order valence-electron chi connectivity index (χ0n) is 17.6. The molecule has 0 radical (unpaired) electrons. The first kappa shape index (κ1) is 22.8. The van der Waals surface area contributed by atoms with Crippen LogP contribution in [0, 0.1) is 5.92 Å². The summed E-state index contributed by atoms with van der Waals surface area (Å²) in [6.45, 7) is 13.7. The number of hydrogen-bond donors (Lipinski definition) is 2. The first-order valence-corrected chi connectivity index (χ1v) is 9.48. The fourth-order valence-electron chi connectivity index (χ4n) is 2.38. The van der Waals surface area contributed by atoms with E-state index in [1.54, 1.807) is 0 Å². The van der Waals surface area contributed by atoms with E-state index in [1.807, 2.05) is 72.7 Å². The van der Waals surface area contributed by atoms with Gasteiger partial charge in [0, 0.05) is 6.54 Å². The van der Waals surface area contributed by atoms with E-state index in [0.29, 0.717) is 6.54 Å². The number of ether oxygens (including phenoxy) is 2. The molecule has 0 aliphatic rings. The number of rotatable bonds is 8. The lowest BCUT2D eigenvalue weighted by molar-refractivity contribution is -0.120. The van der Waals surface area contributed by atoms with Gasteiger partial charge in [-0.25, -0.2) is 4.79 Å². The summed E-state index contributed by atoms with van der Waals surface area (Å²) in [6, 6.07) is 7.31. The second-order valence-electron chi connectivity index (χ2n) is 8.29. The third-order valence-electron chi connectivity index (χ3n) is 3.66. The van der Waals surface area contributed by atoms with Crippen LogP contribution < -0.4 is 15.4 Å². The molecular weight excluding hydrogens is 344 g/mol. The van der Waals surface area contributed by atoms with Gasteiger partial charge < -0.3 is 20.1 Å². The van der Waals surface area contributed by atoms with E-state index in [4.69, 9.17) is 9.47 Å². The minimum absolute atomic E-state index is 0.0832. The van der Waals surface area contributed by atoms with Crippen LogP contribution in [0.1, 0.15) is 54.0 Å². The molecular formula is C21H34N2O4. The van der Waals surface area contributed by atoms with Crippen molar-refractivity contribution in [3.63, 3.8) is 0 Å². The highest BCUT2D eigenvalue weighted by molar-refractivity contribution is 5.78. The Morgan fingerprint density at radius 2 is 1.78 bits per heavy atom. The summed E-state index contributed by atoms with van der Waals surface area (Å²) in [4.78, 5) is 24.3. The van der Waals surface area contributed by atoms with E-state index in [-0.39, 0.29) is 30.4 Å². The highest BCUT2D eigenvalue weighted by Crippen LogP contribution is 2.15. The summed E-state index contributed by atoms with van der Waals surface area (Å²) in [5.41, 5.74) is 0.324. The minimum atomic E-state index is -0.558. The third kappa shape index (κ3) is 9.87. The average Bonchev–Trinajstić information content (AvgIpc) is 2.49. The summed E-state index contributed by atoms with van der Waals surface area (Å²) in [5.74, 6) is 0.802. The van der Waals surface area contributed by atoms with Gasteiger partial charge in [0.05, 0.1) is 18.6 Å². The number of hydrogen-bond acceptors (Lipinski definition) is 4. The summed E-state index contributed by atoms with van der Waals surface area (Å²) in [5, 5.41) is 5.72. The molecule has 1 aromatic rings. The van der Waals surface area contributed by atoms with Gasteiger partial charge >= 0.3 is 6.09 Å². The molecule has 1 aromatic carbocycles. The van der Waals surface area contributed by atoms with Crippen molar-refractivity contribution in [3.8, 4) is 5.75 Å². The molecule has 0 saturated carbocycles. The molecule has 0 spiro atoms. The Bertz CT molecular complexity index is 621. The molecule has 6 heteroatoms. The number of carbonyl (C=O) groups excluding carboxylic acids is 2. The van der Waals surface area contributed by atoms with Gasteiger partial charge in [-0.3, -0.25) is 4.79 Å². The Morgan fingerprint density at radius 3 is 2.33 bits per heavy atom. The maximum Gasteiger partial charge on any atom is 0.407 e. The summed E-state index contributed by atoms with van der Waals surface area (Å²) in [6.07, 6.45) is -0.138. The van der Waals surface area contributed by atoms with Crippen LogP contribution in [0.15, 0.2) is 24.3 Å². The molecule has 0 fully saturated rings. The van der Waals surface area contributed by atoms with Crippen molar-refractivity contribution in [2.24, 2.45) is 5.92 Å². The highest BCUT2D eigenvalue weighted by atomic mass is 16.6. The molecule has 0 saturated heterocycles. The lowest BCUT2D eigenvalue weighted by Crippen LogP contribution is -2.48. The summed E-state index contributed by atoms with van der Waals surface area (Å²) >= 11 is 0. The van der Waals surface area contributed by atoms with Crippen LogP contribution >= 0.6 is 0 Å². The van der Waals surface area contributed by atoms with E-state index < -0.39 is 11.7 Å². The van der Waals surface area contributed by atoms with Crippen LogP contribution in [0.4, 0.5) is 4.79 Å². The first-order chi connectivity index (χ1) is 12.5. The zero-order valence-corrected chi connectivity index (χ0v) is 17.6. The van der Waals surface area contributed by atoms with Crippen LogP contribution in [0.3, 0.4) is 0 Å². The summed E-state index contributed by atoms with van der Waals surface area (Å²) in [7, 11) is 0. The maximum atomic E-state index is 12.3. The van der Waals surface area contributed by atoms with Crippen molar-refractivity contribution < 1.29 is 19.1 Å². The molecule has 0 heterocycles. The van der Waals surface area contributed by atoms with Crippen molar-refractivity contribution in [1.82, 2.24) is 10.6 Å². The predicted molar refractivity (Wildman–Crippen MR) is 107 cm³/mol. The Labute approximate surface area is 163 Å². The second kappa shape index (κ2) is 10.2. The lowest BCUT2D eigenvalue weighted by atomic mass is 10.0. The Morgan fingerprint density at radius 1 is 1.11 bits per heavy atom. The van der Waals surface area contributed by atoms with Gasteiger partial charge in [-0.05, 0) is 58.2 Å². The van der Waals surface area contributed by atoms with Crippen molar-refractivity contribution >= 4 is 12.0 Å². The van der Waals surface area contributed by atoms with Crippen LogP contribution in [0.25, 0.3) is 0 Å². The Kier molecular flexibility index (Phi) is 8.60. The normalized spacial score (nSPS) is 12.6. The molecule has 1 rings (SSSR count). The minimum Gasteiger partial charge on any atom is -0.491 e.